The average molecular weight is 511 g/mol. The second-order valence-electron chi connectivity index (χ2n) is 7.85. The van der Waals surface area contributed by atoms with Crippen LogP contribution in [-0.2, 0) is 9.59 Å². The van der Waals surface area contributed by atoms with Crippen LogP contribution in [0.1, 0.15) is 22.3 Å². The van der Waals surface area contributed by atoms with Crippen LogP contribution < -0.4 is 15.6 Å². The minimum Gasteiger partial charge on any atom is -0.326 e. The van der Waals surface area contributed by atoms with E-state index in [2.05, 4.69) is 10.7 Å². The van der Waals surface area contributed by atoms with Crippen molar-refractivity contribution in [2.75, 3.05) is 10.2 Å². The summed E-state index contributed by atoms with van der Waals surface area (Å²) >= 11 is 11.6. The number of rotatable bonds is 6. The minimum absolute atomic E-state index is 0.0119. The number of anilines is 2. The molecule has 1 fully saturated rings. The normalized spacial score (nSPS) is 15.3. The van der Waals surface area contributed by atoms with Crippen molar-refractivity contribution in [3.05, 3.63) is 94.8 Å². The third-order valence-corrected chi connectivity index (χ3v) is 6.16. The highest BCUT2D eigenvalue weighted by Crippen LogP contribution is 2.27. The summed E-state index contributed by atoms with van der Waals surface area (Å²) < 4.78 is 13.6. The molecule has 1 heterocycles. The lowest BCUT2D eigenvalue weighted by Crippen LogP contribution is -2.49. The Labute approximate surface area is 211 Å². The molecule has 0 spiro atoms. The van der Waals surface area contributed by atoms with E-state index in [0.717, 1.165) is 11.6 Å². The Morgan fingerprint density at radius 1 is 1.06 bits per heavy atom. The van der Waals surface area contributed by atoms with Gasteiger partial charge in [0.05, 0.1) is 12.1 Å². The predicted octanol–water partition coefficient (Wildman–Crippen LogP) is 4.46. The summed E-state index contributed by atoms with van der Waals surface area (Å²) in [5.41, 5.74) is 4.40. The van der Waals surface area contributed by atoms with E-state index in [9.17, 15) is 18.8 Å². The lowest BCUT2D eigenvalue weighted by atomic mass is 10.1. The number of hydrogen-bond donors (Lipinski definition) is 2. The van der Waals surface area contributed by atoms with Gasteiger partial charge in [-0.1, -0.05) is 41.9 Å². The number of nitrogens with one attached hydrogen (secondary N) is 2. The van der Waals surface area contributed by atoms with Crippen LogP contribution in [0.4, 0.5) is 15.8 Å². The Bertz CT molecular complexity index is 1320. The molecule has 0 aromatic heterocycles. The van der Waals surface area contributed by atoms with Crippen LogP contribution >= 0.6 is 23.8 Å². The van der Waals surface area contributed by atoms with Crippen molar-refractivity contribution in [3.63, 3.8) is 0 Å². The number of thiocarbonyl (C=S) groups is 1. The van der Waals surface area contributed by atoms with Crippen LogP contribution in [-0.4, -0.2) is 33.9 Å². The average Bonchev–Trinajstić information content (AvgIpc) is 3.05. The number of amides is 3. The minimum atomic E-state index is -1.12. The largest absolute Gasteiger partial charge is 0.326 e. The van der Waals surface area contributed by atoms with Gasteiger partial charge >= 0.3 is 0 Å². The molecule has 0 radical (unpaired) electrons. The highest BCUT2D eigenvalue weighted by atomic mass is 35.5. The molecule has 4 rings (SSSR count). The first-order valence-electron chi connectivity index (χ1n) is 10.6. The van der Waals surface area contributed by atoms with E-state index >= 15 is 0 Å². The maximum atomic E-state index is 13.6. The Hall–Kier alpha value is -3.82. The number of para-hydroxylation sites is 1. The van der Waals surface area contributed by atoms with Crippen molar-refractivity contribution in [2.24, 2.45) is 0 Å². The number of nitrogens with zero attached hydrogens (tertiary/aromatic N) is 2. The van der Waals surface area contributed by atoms with Gasteiger partial charge in [0.2, 0.25) is 11.0 Å². The van der Waals surface area contributed by atoms with E-state index in [4.69, 9.17) is 23.8 Å². The molecule has 0 aliphatic carbocycles. The van der Waals surface area contributed by atoms with Gasteiger partial charge < -0.3 is 5.32 Å². The molecule has 3 amide bonds. The molecule has 3 aromatic rings. The standard InChI is InChI=1S/C25H20ClFN4O3S/c1-15-10-11-18(13-20(15)26)28-22(32)14-21-24(34)30(19-8-3-2-4-9-19)25(35)31(21)29-23(33)16-6-5-7-17(27)12-16/h2-13,21H,14H2,1H3,(H,28,32)(H,29,33). The van der Waals surface area contributed by atoms with Gasteiger partial charge in [0.1, 0.15) is 11.9 Å². The molecule has 1 atom stereocenters. The topological polar surface area (TPSA) is 81.8 Å². The van der Waals surface area contributed by atoms with Crippen LogP contribution in [0.15, 0.2) is 72.8 Å². The molecule has 0 bridgehead atoms. The van der Waals surface area contributed by atoms with Crippen LogP contribution in [0.25, 0.3) is 0 Å². The first-order chi connectivity index (χ1) is 16.7. The summed E-state index contributed by atoms with van der Waals surface area (Å²) in [6.45, 7) is 1.84. The zero-order valence-electron chi connectivity index (χ0n) is 18.5. The van der Waals surface area contributed by atoms with Crippen LogP contribution in [0.2, 0.25) is 5.02 Å². The van der Waals surface area contributed by atoms with Gasteiger partial charge in [-0.25, -0.2) is 9.40 Å². The first kappa shape index (κ1) is 24.3. The van der Waals surface area contributed by atoms with Crippen LogP contribution in [0.3, 0.4) is 0 Å². The van der Waals surface area contributed by atoms with Gasteiger partial charge in [-0.15, -0.1) is 0 Å². The number of hydrogen-bond acceptors (Lipinski definition) is 4. The molecule has 178 valence electrons. The molecule has 35 heavy (non-hydrogen) atoms. The molecule has 7 nitrogen and oxygen atoms in total. The number of benzene rings is 3. The van der Waals surface area contributed by atoms with E-state index in [-0.39, 0.29) is 17.1 Å². The van der Waals surface area contributed by atoms with Crippen LogP contribution in [0.5, 0.6) is 0 Å². The van der Waals surface area contributed by atoms with Crippen molar-refractivity contribution >= 4 is 58.0 Å². The van der Waals surface area contributed by atoms with E-state index in [1.54, 1.807) is 48.5 Å². The highest BCUT2D eigenvalue weighted by molar-refractivity contribution is 7.80. The SMILES string of the molecule is Cc1ccc(NC(=O)CC2C(=O)N(c3ccccc3)C(=S)N2NC(=O)c2cccc(F)c2)cc1Cl. The number of carbonyl (C=O) groups is 3. The molecular formula is C25H20ClFN4O3S. The molecule has 0 saturated carbocycles. The summed E-state index contributed by atoms with van der Waals surface area (Å²) in [6, 6.07) is 17.7. The second-order valence-corrected chi connectivity index (χ2v) is 8.62. The first-order valence-corrected chi connectivity index (χ1v) is 11.4. The summed E-state index contributed by atoms with van der Waals surface area (Å²) in [7, 11) is 0. The lowest BCUT2D eigenvalue weighted by molar-refractivity contribution is -0.124. The molecular weight excluding hydrogens is 491 g/mol. The molecule has 2 N–H and O–H groups in total. The highest BCUT2D eigenvalue weighted by Gasteiger charge is 2.45. The Morgan fingerprint density at radius 3 is 2.49 bits per heavy atom. The summed E-state index contributed by atoms with van der Waals surface area (Å²) in [5, 5.41) is 4.35. The van der Waals surface area contributed by atoms with Crippen molar-refractivity contribution in [1.82, 2.24) is 10.4 Å². The fourth-order valence-electron chi connectivity index (χ4n) is 3.58. The van der Waals surface area contributed by atoms with E-state index < -0.39 is 29.6 Å². The third kappa shape index (κ3) is 5.31. The van der Waals surface area contributed by atoms with Crippen molar-refractivity contribution < 1.29 is 18.8 Å². The number of halogens is 2. The Kier molecular flexibility index (Phi) is 7.09. The molecule has 3 aromatic carbocycles. The molecule has 1 aliphatic heterocycles. The number of carbonyl (C=O) groups excluding carboxylic acids is 3. The van der Waals surface area contributed by atoms with Gasteiger partial charge in [-0.2, -0.15) is 0 Å². The fraction of sp³-hybridized carbons (Fsp3) is 0.120. The van der Waals surface area contributed by atoms with Gasteiger partial charge in [0.25, 0.3) is 11.8 Å². The summed E-state index contributed by atoms with van der Waals surface area (Å²) in [6.07, 6.45) is -0.308. The predicted molar refractivity (Wildman–Crippen MR) is 135 cm³/mol. The van der Waals surface area contributed by atoms with E-state index in [1.807, 2.05) is 6.92 Å². The van der Waals surface area contributed by atoms with Gasteiger partial charge in [0.15, 0.2) is 0 Å². The Morgan fingerprint density at radius 2 is 1.80 bits per heavy atom. The van der Waals surface area contributed by atoms with E-state index in [1.165, 1.54) is 28.1 Å². The summed E-state index contributed by atoms with van der Waals surface area (Å²) in [4.78, 5) is 40.3. The van der Waals surface area contributed by atoms with E-state index in [0.29, 0.717) is 16.4 Å². The lowest BCUT2D eigenvalue weighted by Gasteiger charge is -2.24. The van der Waals surface area contributed by atoms with Gasteiger partial charge in [-0.05, 0) is 67.2 Å². The van der Waals surface area contributed by atoms with Gasteiger partial charge in [0, 0.05) is 16.3 Å². The van der Waals surface area contributed by atoms with Crippen LogP contribution in [0, 0.1) is 12.7 Å². The molecule has 1 unspecified atom stereocenters. The molecule has 1 saturated heterocycles. The zero-order chi connectivity index (χ0) is 25.1. The second kappa shape index (κ2) is 10.2. The fourth-order valence-corrected chi connectivity index (χ4v) is 4.12. The number of hydrazine groups is 1. The molecule has 1 aliphatic rings. The van der Waals surface area contributed by atoms with Gasteiger partial charge in [-0.3, -0.25) is 24.7 Å². The third-order valence-electron chi connectivity index (χ3n) is 5.37. The smallest absolute Gasteiger partial charge is 0.269 e. The van der Waals surface area contributed by atoms with Crippen molar-refractivity contribution in [3.8, 4) is 0 Å². The van der Waals surface area contributed by atoms with Crippen molar-refractivity contribution in [1.29, 1.82) is 0 Å². The maximum Gasteiger partial charge on any atom is 0.269 e. The zero-order valence-corrected chi connectivity index (χ0v) is 20.1. The number of aryl methyl sites for hydroxylation is 1. The quantitative estimate of drug-likeness (QED) is 0.478. The maximum absolute atomic E-state index is 13.6. The monoisotopic (exact) mass is 510 g/mol. The molecule has 10 heteroatoms. The van der Waals surface area contributed by atoms with Crippen molar-refractivity contribution in [2.45, 2.75) is 19.4 Å². The Balaban J connectivity index is 1.59. The summed E-state index contributed by atoms with van der Waals surface area (Å²) in [5.74, 6) is -2.23.